The molecule has 8 heavy (non-hydrogen) atoms. The molecule has 1 rings (SSSR count). The first kappa shape index (κ1) is 7.49. The summed E-state index contributed by atoms with van der Waals surface area (Å²) >= 11 is 4.62. The van der Waals surface area contributed by atoms with Crippen LogP contribution < -0.4 is 11.1 Å². The highest BCUT2D eigenvalue weighted by Gasteiger charge is 2.33. The Morgan fingerprint density at radius 3 is 2.38 bits per heavy atom. The van der Waals surface area contributed by atoms with Gasteiger partial charge in [-0.2, -0.15) is 0 Å². The summed E-state index contributed by atoms with van der Waals surface area (Å²) in [5.74, 6) is 0. The second-order valence-electron chi connectivity index (χ2n) is 1.93. The van der Waals surface area contributed by atoms with Gasteiger partial charge in [-0.05, 0) is 6.42 Å². The topological polar surface area (TPSA) is 48.0 Å². The molecule has 3 atom stereocenters. The van der Waals surface area contributed by atoms with Crippen LogP contribution in [0.3, 0.4) is 0 Å². The van der Waals surface area contributed by atoms with E-state index in [1.807, 2.05) is 0 Å². The third-order valence-corrected chi connectivity index (χ3v) is 2.83. The van der Waals surface area contributed by atoms with Gasteiger partial charge in [-0.1, -0.05) is 45.2 Å². The van der Waals surface area contributed by atoms with Crippen LogP contribution in [-0.2, 0) is 0 Å². The van der Waals surface area contributed by atoms with E-state index < -0.39 is 0 Å². The molecule has 0 bridgehead atoms. The minimum atomic E-state index is 0.324. The van der Waals surface area contributed by atoms with E-state index in [-0.39, 0.29) is 0 Å². The highest BCUT2D eigenvalue weighted by molar-refractivity contribution is 14.1. The van der Waals surface area contributed by atoms with Crippen LogP contribution in [0.25, 0.3) is 0 Å². The molecule has 1 fully saturated rings. The Kier molecular flexibility index (Phi) is 2.79. The van der Waals surface area contributed by atoms with Gasteiger partial charge in [0.25, 0.3) is 0 Å². The standard InChI is InChI=1S/C4H8I2N2/c5-3(7)1-2-4(6)8-2/h2-4,8H,1,7H2. The maximum atomic E-state index is 5.54. The molecule has 0 aromatic rings. The van der Waals surface area contributed by atoms with E-state index >= 15 is 0 Å². The smallest absolute Gasteiger partial charge is 0.0753 e. The molecular formula is C4H8I2N2. The summed E-state index contributed by atoms with van der Waals surface area (Å²) in [4.78, 5) is 0. The van der Waals surface area contributed by atoms with E-state index in [2.05, 4.69) is 50.5 Å². The number of hydrogen-bond donors (Lipinski definition) is 2. The van der Waals surface area contributed by atoms with Crippen molar-refractivity contribution < 1.29 is 0 Å². The summed E-state index contributed by atoms with van der Waals surface area (Å²) in [5.41, 5.74) is 5.54. The van der Waals surface area contributed by atoms with Crippen LogP contribution in [0.2, 0.25) is 0 Å². The fourth-order valence-electron chi connectivity index (χ4n) is 0.579. The van der Waals surface area contributed by atoms with Gasteiger partial charge in [-0.15, -0.1) is 0 Å². The van der Waals surface area contributed by atoms with Crippen LogP contribution in [0, 0.1) is 0 Å². The number of halogens is 2. The first-order chi connectivity index (χ1) is 3.70. The van der Waals surface area contributed by atoms with Crippen molar-refractivity contribution in [1.29, 1.82) is 0 Å². The Morgan fingerprint density at radius 1 is 1.75 bits per heavy atom. The Bertz CT molecular complexity index is 86.1. The lowest BCUT2D eigenvalue weighted by atomic mass is 10.3. The van der Waals surface area contributed by atoms with Crippen molar-refractivity contribution in [3.8, 4) is 0 Å². The lowest BCUT2D eigenvalue weighted by Gasteiger charge is -1.96. The van der Waals surface area contributed by atoms with Crippen molar-refractivity contribution >= 4 is 45.2 Å². The minimum absolute atomic E-state index is 0.324. The molecule has 3 unspecified atom stereocenters. The maximum Gasteiger partial charge on any atom is 0.0753 e. The Balaban J connectivity index is 2.05. The van der Waals surface area contributed by atoms with Gasteiger partial charge in [0.15, 0.2) is 0 Å². The fourth-order valence-corrected chi connectivity index (χ4v) is 1.88. The van der Waals surface area contributed by atoms with Gasteiger partial charge in [-0.25, -0.2) is 0 Å². The largest absolute Gasteiger partial charge is 0.319 e. The molecule has 2 nitrogen and oxygen atoms in total. The molecule has 3 N–H and O–H groups in total. The minimum Gasteiger partial charge on any atom is -0.319 e. The second kappa shape index (κ2) is 2.98. The molecule has 0 aromatic heterocycles. The summed E-state index contributed by atoms with van der Waals surface area (Å²) in [5, 5.41) is 3.26. The predicted molar refractivity (Wildman–Crippen MR) is 51.3 cm³/mol. The molecule has 0 saturated carbocycles. The molecular weight excluding hydrogens is 330 g/mol. The third-order valence-electron chi connectivity index (χ3n) is 1.10. The molecule has 0 spiro atoms. The lowest BCUT2D eigenvalue weighted by Crippen LogP contribution is -2.14. The average Bonchev–Trinajstić information content (AvgIpc) is 2.17. The van der Waals surface area contributed by atoms with Crippen LogP contribution in [-0.4, -0.2) is 14.1 Å². The van der Waals surface area contributed by atoms with Crippen LogP contribution in [0.15, 0.2) is 0 Å². The highest BCUT2D eigenvalue weighted by Crippen LogP contribution is 2.23. The summed E-state index contributed by atoms with van der Waals surface area (Å²) in [6, 6.07) is 0.697. The van der Waals surface area contributed by atoms with E-state index in [1.54, 1.807) is 0 Å². The summed E-state index contributed by atoms with van der Waals surface area (Å²) in [6.07, 6.45) is 1.11. The van der Waals surface area contributed by atoms with Crippen molar-refractivity contribution in [2.24, 2.45) is 5.73 Å². The van der Waals surface area contributed by atoms with Gasteiger partial charge >= 0.3 is 0 Å². The van der Waals surface area contributed by atoms with Crippen LogP contribution in [0.4, 0.5) is 0 Å². The zero-order valence-electron chi connectivity index (χ0n) is 4.27. The molecule has 0 aromatic carbocycles. The second-order valence-corrected chi connectivity index (χ2v) is 4.87. The van der Waals surface area contributed by atoms with Crippen molar-refractivity contribution in [3.05, 3.63) is 0 Å². The molecule has 0 amide bonds. The number of nitrogens with one attached hydrogen (secondary N) is 1. The van der Waals surface area contributed by atoms with Crippen LogP contribution in [0.5, 0.6) is 0 Å². The van der Waals surface area contributed by atoms with Crippen molar-refractivity contribution in [1.82, 2.24) is 5.32 Å². The number of rotatable bonds is 2. The normalized spacial score (nSPS) is 39.4. The number of alkyl halides is 2. The Morgan fingerprint density at radius 2 is 2.25 bits per heavy atom. The van der Waals surface area contributed by atoms with Crippen LogP contribution >= 0.6 is 45.2 Å². The highest BCUT2D eigenvalue weighted by atomic mass is 127. The molecule has 48 valence electrons. The first-order valence-corrected chi connectivity index (χ1v) is 4.99. The zero-order valence-corrected chi connectivity index (χ0v) is 8.59. The van der Waals surface area contributed by atoms with Gasteiger partial charge in [0.05, 0.1) is 8.10 Å². The van der Waals surface area contributed by atoms with Gasteiger partial charge in [-0.3, -0.25) is 5.32 Å². The monoisotopic (exact) mass is 338 g/mol. The van der Waals surface area contributed by atoms with Crippen molar-refractivity contribution in [2.75, 3.05) is 0 Å². The van der Waals surface area contributed by atoms with Crippen molar-refractivity contribution in [2.45, 2.75) is 20.6 Å². The quantitative estimate of drug-likeness (QED) is 0.339. The molecule has 4 heteroatoms. The lowest BCUT2D eigenvalue weighted by molar-refractivity contribution is 0.791. The van der Waals surface area contributed by atoms with Gasteiger partial charge in [0.2, 0.25) is 0 Å². The third kappa shape index (κ3) is 2.32. The molecule has 0 aliphatic carbocycles. The van der Waals surface area contributed by atoms with Gasteiger partial charge in [0, 0.05) is 6.04 Å². The molecule has 1 saturated heterocycles. The molecule has 1 aliphatic heterocycles. The van der Waals surface area contributed by atoms with E-state index in [0.717, 1.165) is 6.42 Å². The SMILES string of the molecule is NC(I)CC1NC1I. The fraction of sp³-hybridized carbons (Fsp3) is 1.00. The van der Waals surface area contributed by atoms with E-state index in [4.69, 9.17) is 5.73 Å². The van der Waals surface area contributed by atoms with Gasteiger partial charge < -0.3 is 5.73 Å². The summed E-state index contributed by atoms with van der Waals surface area (Å²) in [6.45, 7) is 0. The molecule has 1 heterocycles. The maximum absolute atomic E-state index is 5.54. The Hall–Kier alpha value is 1.38. The number of hydrogen-bond acceptors (Lipinski definition) is 2. The van der Waals surface area contributed by atoms with E-state index in [9.17, 15) is 0 Å². The average molecular weight is 338 g/mol. The van der Waals surface area contributed by atoms with E-state index in [1.165, 1.54) is 0 Å². The molecule has 0 radical (unpaired) electrons. The Labute approximate surface area is 76.2 Å². The number of nitrogens with two attached hydrogens (primary N) is 1. The predicted octanol–water partition coefficient (Wildman–Crippen LogP) is 0.829. The summed E-state index contributed by atoms with van der Waals surface area (Å²) < 4.78 is 1.01. The van der Waals surface area contributed by atoms with Crippen molar-refractivity contribution in [3.63, 3.8) is 0 Å². The zero-order chi connectivity index (χ0) is 6.15. The van der Waals surface area contributed by atoms with Gasteiger partial charge in [0.1, 0.15) is 0 Å². The molecule has 1 aliphatic rings. The summed E-state index contributed by atoms with van der Waals surface area (Å²) in [7, 11) is 0. The first-order valence-electron chi connectivity index (χ1n) is 2.50. The van der Waals surface area contributed by atoms with Crippen LogP contribution in [0.1, 0.15) is 6.42 Å². The van der Waals surface area contributed by atoms with E-state index in [0.29, 0.717) is 14.1 Å².